The Morgan fingerprint density at radius 2 is 1.68 bits per heavy atom. The smallest absolute Gasteiger partial charge is 0.475 e. The zero-order valence-corrected chi connectivity index (χ0v) is 22.0. The lowest BCUT2D eigenvalue weighted by atomic mass is 9.60. The molecule has 0 aromatic heterocycles. The molecule has 38 heavy (non-hydrogen) atoms. The molecule has 0 saturated carbocycles. The van der Waals surface area contributed by atoms with E-state index in [1.165, 1.54) is 6.07 Å². The van der Waals surface area contributed by atoms with Gasteiger partial charge in [0.15, 0.2) is 0 Å². The second kappa shape index (κ2) is 11.5. The average Bonchev–Trinajstić information content (AvgIpc) is 3.31. The van der Waals surface area contributed by atoms with Gasteiger partial charge in [0.2, 0.25) is 5.91 Å². The summed E-state index contributed by atoms with van der Waals surface area (Å²) >= 11 is 0. The van der Waals surface area contributed by atoms with Crippen molar-refractivity contribution in [1.82, 2.24) is 14.7 Å². The third kappa shape index (κ3) is 6.05. The number of aliphatic carboxylic acids is 1. The van der Waals surface area contributed by atoms with Crippen LogP contribution in [0.5, 0.6) is 0 Å². The topological polar surface area (TPSA) is 93.2 Å². The molecule has 3 heterocycles. The summed E-state index contributed by atoms with van der Waals surface area (Å²) in [7, 11) is 0. The van der Waals surface area contributed by atoms with Crippen molar-refractivity contribution < 1.29 is 37.1 Å². The summed E-state index contributed by atoms with van der Waals surface area (Å²) in [6.45, 7) is 12.1. The molecular formula is C26H36F4N4O4. The van der Waals surface area contributed by atoms with Crippen molar-refractivity contribution in [2.24, 2.45) is 16.7 Å². The normalized spacial score (nSPS) is 23.2. The van der Waals surface area contributed by atoms with Crippen molar-refractivity contribution in [3.63, 3.8) is 0 Å². The molecule has 3 aliphatic heterocycles. The minimum Gasteiger partial charge on any atom is -0.475 e. The number of anilines is 1. The van der Waals surface area contributed by atoms with Crippen molar-refractivity contribution in [1.29, 1.82) is 0 Å². The Balaban J connectivity index is 0.000000505. The molecule has 2 spiro atoms. The van der Waals surface area contributed by atoms with Gasteiger partial charge < -0.3 is 25.1 Å². The number of nitrogens with zero attached hydrogens (tertiary/aromatic N) is 3. The number of alkyl halides is 3. The first-order valence-electron chi connectivity index (χ1n) is 12.9. The molecule has 1 atom stereocenters. The highest BCUT2D eigenvalue weighted by molar-refractivity contribution is 5.90. The van der Waals surface area contributed by atoms with Gasteiger partial charge in [-0.15, -0.1) is 0 Å². The number of piperidine rings is 1. The fourth-order valence-corrected chi connectivity index (χ4v) is 6.14. The van der Waals surface area contributed by atoms with Gasteiger partial charge in [0.05, 0.1) is 11.1 Å². The van der Waals surface area contributed by atoms with Crippen LogP contribution in [0.25, 0.3) is 0 Å². The number of carbonyl (C=O) groups is 3. The van der Waals surface area contributed by atoms with Gasteiger partial charge in [0, 0.05) is 51.2 Å². The number of para-hydroxylation sites is 1. The highest BCUT2D eigenvalue weighted by Crippen LogP contribution is 2.57. The number of fused-ring (bicyclic) bond motifs is 1. The Labute approximate surface area is 219 Å². The Hall–Kier alpha value is -2.89. The number of hydrogen-bond acceptors (Lipinski definition) is 4. The summed E-state index contributed by atoms with van der Waals surface area (Å²) in [5.41, 5.74) is -0.207. The van der Waals surface area contributed by atoms with Gasteiger partial charge in [-0.3, -0.25) is 4.79 Å². The fraction of sp³-hybridized carbons (Fsp3) is 0.654. The predicted molar refractivity (Wildman–Crippen MR) is 133 cm³/mol. The summed E-state index contributed by atoms with van der Waals surface area (Å²) in [5.74, 6) is -2.32. The van der Waals surface area contributed by atoms with Crippen molar-refractivity contribution in [2.75, 3.05) is 51.1 Å². The molecule has 1 aromatic rings. The van der Waals surface area contributed by atoms with Crippen LogP contribution < -0.4 is 5.32 Å². The number of halogens is 4. The number of amides is 3. The molecule has 0 bridgehead atoms. The summed E-state index contributed by atoms with van der Waals surface area (Å²) in [6, 6.07) is 5.97. The lowest BCUT2D eigenvalue weighted by molar-refractivity contribution is -0.192. The maximum Gasteiger partial charge on any atom is 0.490 e. The second-order valence-corrected chi connectivity index (χ2v) is 10.8. The van der Waals surface area contributed by atoms with Gasteiger partial charge in [-0.2, -0.15) is 13.2 Å². The van der Waals surface area contributed by atoms with Gasteiger partial charge in [0.1, 0.15) is 5.82 Å². The molecule has 0 radical (unpaired) electrons. The lowest BCUT2D eigenvalue weighted by Crippen LogP contribution is -2.54. The molecule has 3 amide bonds. The monoisotopic (exact) mass is 544 g/mol. The quantitative estimate of drug-likeness (QED) is 0.552. The largest absolute Gasteiger partial charge is 0.490 e. The van der Waals surface area contributed by atoms with Crippen LogP contribution in [-0.2, 0) is 9.59 Å². The van der Waals surface area contributed by atoms with Crippen LogP contribution in [0.4, 0.5) is 28.0 Å². The molecule has 12 heteroatoms. The first-order chi connectivity index (χ1) is 17.7. The maximum atomic E-state index is 13.9. The van der Waals surface area contributed by atoms with Gasteiger partial charge in [0.25, 0.3) is 0 Å². The lowest BCUT2D eigenvalue weighted by Gasteiger charge is -2.47. The minimum absolute atomic E-state index is 0.0856. The zero-order chi connectivity index (χ0) is 28.3. The fourth-order valence-electron chi connectivity index (χ4n) is 6.14. The van der Waals surface area contributed by atoms with E-state index in [4.69, 9.17) is 9.90 Å². The van der Waals surface area contributed by atoms with Crippen LogP contribution in [0, 0.1) is 22.6 Å². The van der Waals surface area contributed by atoms with Crippen molar-refractivity contribution in [3.05, 3.63) is 30.1 Å². The Morgan fingerprint density at radius 3 is 2.18 bits per heavy atom. The van der Waals surface area contributed by atoms with Crippen molar-refractivity contribution in [2.45, 2.75) is 46.2 Å². The number of benzene rings is 1. The van der Waals surface area contributed by atoms with E-state index in [-0.39, 0.29) is 22.5 Å². The molecule has 3 saturated heterocycles. The summed E-state index contributed by atoms with van der Waals surface area (Å²) in [6.07, 6.45) is -2.54. The first kappa shape index (κ1) is 29.7. The second-order valence-electron chi connectivity index (χ2n) is 10.8. The number of carboxylic acid groups (broad SMARTS) is 1. The van der Waals surface area contributed by atoms with E-state index in [0.717, 1.165) is 52.0 Å². The Kier molecular flexibility index (Phi) is 8.95. The molecular weight excluding hydrogens is 508 g/mol. The van der Waals surface area contributed by atoms with Crippen LogP contribution >= 0.6 is 0 Å². The molecule has 3 fully saturated rings. The summed E-state index contributed by atoms with van der Waals surface area (Å²) < 4.78 is 45.7. The number of hydrogen-bond donors (Lipinski definition) is 2. The van der Waals surface area contributed by atoms with Gasteiger partial charge >= 0.3 is 18.2 Å². The van der Waals surface area contributed by atoms with Crippen molar-refractivity contribution in [3.8, 4) is 0 Å². The Morgan fingerprint density at radius 1 is 1.08 bits per heavy atom. The van der Waals surface area contributed by atoms with Crippen LogP contribution in [0.3, 0.4) is 0 Å². The zero-order valence-electron chi connectivity index (χ0n) is 22.0. The molecule has 1 aromatic carbocycles. The summed E-state index contributed by atoms with van der Waals surface area (Å²) in [5, 5.41) is 9.83. The van der Waals surface area contributed by atoms with Gasteiger partial charge in [-0.25, -0.2) is 14.0 Å². The first-order valence-corrected chi connectivity index (χ1v) is 12.9. The minimum atomic E-state index is -5.08. The van der Waals surface area contributed by atoms with E-state index in [2.05, 4.69) is 31.0 Å². The molecule has 3 aliphatic rings. The summed E-state index contributed by atoms with van der Waals surface area (Å²) in [4.78, 5) is 41.5. The third-order valence-electron chi connectivity index (χ3n) is 7.91. The maximum absolute atomic E-state index is 13.9. The predicted octanol–water partition coefficient (Wildman–Crippen LogP) is 4.28. The third-order valence-corrected chi connectivity index (χ3v) is 7.91. The van der Waals surface area contributed by atoms with Crippen LogP contribution in [-0.4, -0.2) is 89.7 Å². The SMILES string of the molecule is CCN1CCC2(CN(CC(C)C)CC23CCN(C(=O)Nc2ccccc2F)CC3)C1=O.O=C(O)C(F)(F)F. The van der Waals surface area contributed by atoms with E-state index in [9.17, 15) is 27.2 Å². The molecule has 4 rings (SSSR count). The van der Waals surface area contributed by atoms with Gasteiger partial charge in [-0.1, -0.05) is 26.0 Å². The van der Waals surface area contributed by atoms with Crippen LogP contribution in [0.2, 0.25) is 0 Å². The number of nitrogens with one attached hydrogen (secondary N) is 1. The molecule has 2 N–H and O–H groups in total. The number of carbonyl (C=O) groups excluding carboxylic acids is 2. The van der Waals surface area contributed by atoms with E-state index in [1.54, 1.807) is 23.1 Å². The Bertz CT molecular complexity index is 1030. The molecule has 8 nitrogen and oxygen atoms in total. The molecule has 0 aliphatic carbocycles. The molecule has 212 valence electrons. The van der Waals surface area contributed by atoms with Crippen LogP contribution in [0.15, 0.2) is 24.3 Å². The number of urea groups is 1. The van der Waals surface area contributed by atoms with E-state index in [1.807, 2.05) is 4.90 Å². The highest BCUT2D eigenvalue weighted by Gasteiger charge is 2.64. The molecule has 1 unspecified atom stereocenters. The standard InChI is InChI=1S/C24H35FN4O2.C2HF3O2/c1-4-28-14-11-24(21(28)30)17-27(15-18(2)3)16-23(24)9-12-29(13-10-23)22(31)26-20-8-6-5-7-19(20)25;3-2(4,5)1(6)7/h5-8,18H,4,9-17H2,1-3H3,(H,26,31);(H,6,7). The number of carboxylic acids is 1. The average molecular weight is 545 g/mol. The van der Waals surface area contributed by atoms with Crippen LogP contribution in [0.1, 0.15) is 40.0 Å². The number of likely N-dealkylation sites (tertiary alicyclic amines) is 3. The van der Waals surface area contributed by atoms with Gasteiger partial charge in [-0.05, 0) is 44.2 Å². The van der Waals surface area contributed by atoms with E-state index in [0.29, 0.717) is 24.9 Å². The van der Waals surface area contributed by atoms with E-state index < -0.39 is 18.0 Å². The highest BCUT2D eigenvalue weighted by atomic mass is 19.4. The van der Waals surface area contributed by atoms with E-state index >= 15 is 0 Å². The van der Waals surface area contributed by atoms with Crippen molar-refractivity contribution >= 4 is 23.6 Å². The number of rotatable bonds is 4.